The van der Waals surface area contributed by atoms with Crippen molar-refractivity contribution in [2.75, 3.05) is 27.3 Å². The van der Waals surface area contributed by atoms with Crippen LogP contribution >= 0.6 is 0 Å². The number of rotatable bonds is 6. The number of benzene rings is 1. The third kappa shape index (κ3) is 4.29. The molecule has 2 heterocycles. The summed E-state index contributed by atoms with van der Waals surface area (Å²) in [5, 5.41) is 0. The molecule has 2 aliphatic heterocycles. The lowest BCUT2D eigenvalue weighted by atomic mass is 9.47. The van der Waals surface area contributed by atoms with E-state index in [0.717, 1.165) is 44.3 Å². The maximum absolute atomic E-state index is 13.2. The van der Waals surface area contributed by atoms with Gasteiger partial charge in [0.1, 0.15) is 12.2 Å². The number of hydrogen-bond acceptors (Lipinski definition) is 7. The third-order valence-electron chi connectivity index (χ3n) is 9.14. The van der Waals surface area contributed by atoms with Crippen LogP contribution in [0.5, 0.6) is 11.5 Å². The van der Waals surface area contributed by atoms with Crippen LogP contribution in [-0.4, -0.2) is 61.9 Å². The Hall–Kier alpha value is -2.54. The van der Waals surface area contributed by atoms with Gasteiger partial charge in [0.2, 0.25) is 0 Å². The van der Waals surface area contributed by atoms with Crippen molar-refractivity contribution in [1.29, 1.82) is 0 Å². The van der Waals surface area contributed by atoms with Crippen molar-refractivity contribution >= 4 is 18.0 Å². The van der Waals surface area contributed by atoms with E-state index in [0.29, 0.717) is 23.3 Å². The van der Waals surface area contributed by atoms with Gasteiger partial charge in [-0.25, -0.2) is 4.79 Å². The maximum Gasteiger partial charge on any atom is 0.331 e. The van der Waals surface area contributed by atoms with Crippen LogP contribution in [0.2, 0.25) is 0 Å². The molecule has 1 aromatic rings. The molecule has 4 aliphatic rings. The molecule has 36 heavy (non-hydrogen) atoms. The average molecular weight is 498 g/mol. The standard InChI is InChI=1S/C29H39NO6/c1-18-15-21-22-7-5-13-30-14-6-8-23(29(22,30)17-18)28(27(21)35-19(2)31)36-26(32)12-10-20-9-11-24(33-3)25(16-20)34-4/h9-12,16,18,21-23,27-28H,5-8,13-15,17H2,1-4H3/b12-10+/t18?,21-,22-,23-,27+,28+,29-/m1/s1. The first-order chi connectivity index (χ1) is 17.4. The zero-order valence-corrected chi connectivity index (χ0v) is 21.9. The Balaban J connectivity index is 1.43. The van der Waals surface area contributed by atoms with E-state index in [1.165, 1.54) is 25.8 Å². The van der Waals surface area contributed by atoms with Gasteiger partial charge >= 0.3 is 11.9 Å². The first-order valence-corrected chi connectivity index (χ1v) is 13.4. The molecule has 7 nitrogen and oxygen atoms in total. The van der Waals surface area contributed by atoms with E-state index < -0.39 is 12.1 Å². The highest BCUT2D eigenvalue weighted by atomic mass is 16.6. The van der Waals surface area contributed by atoms with Crippen molar-refractivity contribution in [3.63, 3.8) is 0 Å². The highest BCUT2D eigenvalue weighted by molar-refractivity contribution is 5.87. The summed E-state index contributed by atoms with van der Waals surface area (Å²) >= 11 is 0. The Morgan fingerprint density at radius 3 is 2.42 bits per heavy atom. The second kappa shape index (κ2) is 10.1. The van der Waals surface area contributed by atoms with E-state index in [1.807, 2.05) is 18.2 Å². The molecule has 2 aliphatic carbocycles. The van der Waals surface area contributed by atoms with Crippen LogP contribution in [0.15, 0.2) is 24.3 Å². The van der Waals surface area contributed by atoms with Crippen LogP contribution in [0.25, 0.3) is 6.08 Å². The minimum Gasteiger partial charge on any atom is -0.493 e. The fraction of sp³-hybridized carbons (Fsp3) is 0.655. The highest BCUT2D eigenvalue weighted by Gasteiger charge is 2.67. The van der Waals surface area contributed by atoms with E-state index in [9.17, 15) is 9.59 Å². The minimum absolute atomic E-state index is 0.0491. The molecule has 0 N–H and O–H groups in total. The minimum atomic E-state index is -0.425. The first-order valence-electron chi connectivity index (χ1n) is 13.4. The number of ether oxygens (including phenoxy) is 4. The normalized spacial score (nSPS) is 35.6. The lowest BCUT2D eigenvalue weighted by molar-refractivity contribution is -0.247. The fourth-order valence-electron chi connectivity index (χ4n) is 8.14. The Bertz CT molecular complexity index is 1020. The predicted octanol–water partition coefficient (Wildman–Crippen LogP) is 4.48. The quantitative estimate of drug-likeness (QED) is 0.424. The van der Waals surface area contributed by atoms with Gasteiger partial charge in [-0.1, -0.05) is 13.0 Å². The number of piperidine rings is 2. The molecule has 0 radical (unpaired) electrons. The van der Waals surface area contributed by atoms with Gasteiger partial charge in [0, 0.05) is 30.4 Å². The topological polar surface area (TPSA) is 74.3 Å². The highest BCUT2D eigenvalue weighted by Crippen LogP contribution is 2.61. The smallest absolute Gasteiger partial charge is 0.331 e. The molecule has 0 amide bonds. The molecule has 2 saturated carbocycles. The molecular weight excluding hydrogens is 458 g/mol. The van der Waals surface area contributed by atoms with E-state index in [2.05, 4.69) is 11.8 Å². The molecule has 5 rings (SSSR count). The van der Waals surface area contributed by atoms with Gasteiger partial charge in [0.05, 0.1) is 14.2 Å². The largest absolute Gasteiger partial charge is 0.493 e. The number of methoxy groups -OCH3 is 2. The Kier molecular flexibility index (Phi) is 7.03. The van der Waals surface area contributed by atoms with Gasteiger partial charge in [-0.05, 0) is 87.2 Å². The number of carbonyl (C=O) groups excluding carboxylic acids is 2. The van der Waals surface area contributed by atoms with E-state index in [1.54, 1.807) is 20.3 Å². The summed E-state index contributed by atoms with van der Waals surface area (Å²) in [5.41, 5.74) is 0.860. The molecule has 1 spiro atoms. The lowest BCUT2D eigenvalue weighted by Crippen LogP contribution is -2.75. The molecule has 1 aromatic carbocycles. The van der Waals surface area contributed by atoms with Crippen LogP contribution in [0.3, 0.4) is 0 Å². The number of esters is 2. The maximum atomic E-state index is 13.2. The van der Waals surface area contributed by atoms with Gasteiger partial charge in [0.15, 0.2) is 11.5 Å². The van der Waals surface area contributed by atoms with E-state index in [4.69, 9.17) is 18.9 Å². The van der Waals surface area contributed by atoms with Crippen molar-refractivity contribution < 1.29 is 28.5 Å². The summed E-state index contributed by atoms with van der Waals surface area (Å²) < 4.78 is 22.9. The Morgan fingerprint density at radius 2 is 1.72 bits per heavy atom. The van der Waals surface area contributed by atoms with Crippen molar-refractivity contribution in [2.45, 2.75) is 70.1 Å². The monoisotopic (exact) mass is 497 g/mol. The molecule has 196 valence electrons. The lowest BCUT2D eigenvalue weighted by Gasteiger charge is -2.68. The van der Waals surface area contributed by atoms with Gasteiger partial charge < -0.3 is 18.9 Å². The Morgan fingerprint density at radius 1 is 1.00 bits per heavy atom. The molecule has 1 unspecified atom stereocenters. The summed E-state index contributed by atoms with van der Waals surface area (Å²) in [5.74, 6) is 1.99. The molecule has 2 bridgehead atoms. The molecule has 7 heteroatoms. The zero-order valence-electron chi connectivity index (χ0n) is 21.9. The van der Waals surface area contributed by atoms with Gasteiger partial charge in [-0.2, -0.15) is 0 Å². The second-order valence-electron chi connectivity index (χ2n) is 11.1. The molecule has 2 saturated heterocycles. The number of hydrogen-bond donors (Lipinski definition) is 0. The van der Waals surface area contributed by atoms with Crippen LogP contribution in [0, 0.1) is 23.7 Å². The van der Waals surface area contributed by atoms with Crippen molar-refractivity contribution in [3.8, 4) is 11.5 Å². The van der Waals surface area contributed by atoms with Crippen LogP contribution in [0.4, 0.5) is 0 Å². The summed E-state index contributed by atoms with van der Waals surface area (Å²) in [6.07, 6.45) is 8.98. The van der Waals surface area contributed by atoms with Crippen molar-refractivity contribution in [3.05, 3.63) is 29.8 Å². The summed E-state index contributed by atoms with van der Waals surface area (Å²) in [7, 11) is 3.17. The molecule has 0 aromatic heterocycles. The second-order valence-corrected chi connectivity index (χ2v) is 11.1. The van der Waals surface area contributed by atoms with Crippen LogP contribution < -0.4 is 9.47 Å². The van der Waals surface area contributed by atoms with Gasteiger partial charge in [-0.15, -0.1) is 0 Å². The van der Waals surface area contributed by atoms with Gasteiger partial charge in [-0.3, -0.25) is 9.69 Å². The summed E-state index contributed by atoms with van der Waals surface area (Å²) in [6.45, 7) is 6.03. The average Bonchev–Trinajstić information content (AvgIpc) is 2.86. The zero-order chi connectivity index (χ0) is 25.4. The fourth-order valence-corrected chi connectivity index (χ4v) is 8.14. The van der Waals surface area contributed by atoms with Crippen molar-refractivity contribution in [1.82, 2.24) is 4.90 Å². The van der Waals surface area contributed by atoms with Crippen LogP contribution in [0.1, 0.15) is 57.9 Å². The molecule has 7 atom stereocenters. The van der Waals surface area contributed by atoms with Crippen LogP contribution in [-0.2, 0) is 19.1 Å². The summed E-state index contributed by atoms with van der Waals surface area (Å²) in [6, 6.07) is 5.49. The van der Waals surface area contributed by atoms with Crippen molar-refractivity contribution in [2.24, 2.45) is 23.7 Å². The number of nitrogens with zero attached hydrogens (tertiary/aromatic N) is 1. The first kappa shape index (κ1) is 25.1. The van der Waals surface area contributed by atoms with Gasteiger partial charge in [0.25, 0.3) is 0 Å². The summed E-state index contributed by atoms with van der Waals surface area (Å²) in [4.78, 5) is 28.1. The SMILES string of the molecule is COc1ccc(/C=C/C(=O)O[C@@H]2[C@@H](OC(C)=O)[C@@H]3CC(C)C[C@]45[C@@H]3CCCN4CCC[C@H]25)cc1OC. The third-order valence-corrected chi connectivity index (χ3v) is 9.14. The Labute approximate surface area is 214 Å². The number of carbonyl (C=O) groups is 2. The molecule has 4 fully saturated rings. The predicted molar refractivity (Wildman–Crippen MR) is 136 cm³/mol. The molecular formula is C29H39NO6. The van der Waals surface area contributed by atoms with E-state index in [-0.39, 0.29) is 29.4 Å². The van der Waals surface area contributed by atoms with E-state index >= 15 is 0 Å².